The smallest absolute Gasteiger partial charge is 0.0626 e. The zero-order chi connectivity index (χ0) is 13.0. The third-order valence-corrected chi connectivity index (χ3v) is 3.32. The minimum atomic E-state index is 0.685. The molecule has 0 unspecified atom stereocenters. The normalized spacial score (nSPS) is 10.3. The molecule has 94 valence electrons. The topological polar surface area (TPSA) is 50.9 Å². The van der Waals surface area contributed by atoms with Gasteiger partial charge in [0.1, 0.15) is 0 Å². The Balaban J connectivity index is 2.14. The minimum absolute atomic E-state index is 0.685. The molecule has 18 heavy (non-hydrogen) atoms. The second-order valence-electron chi connectivity index (χ2n) is 4.05. The van der Waals surface area contributed by atoms with Crippen LogP contribution < -0.4 is 11.1 Å². The third-order valence-electron chi connectivity index (χ3n) is 2.83. The van der Waals surface area contributed by atoms with Crippen LogP contribution in [0.25, 0.3) is 0 Å². The van der Waals surface area contributed by atoms with Crippen LogP contribution in [0.5, 0.6) is 0 Å². The predicted octanol–water partition coefficient (Wildman–Crippen LogP) is 3.60. The molecule has 3 nitrogen and oxygen atoms in total. The van der Waals surface area contributed by atoms with Crippen LogP contribution in [-0.2, 0) is 13.0 Å². The Kier molecular flexibility index (Phi) is 4.20. The molecule has 0 amide bonds. The van der Waals surface area contributed by atoms with Crippen LogP contribution in [-0.4, -0.2) is 4.98 Å². The van der Waals surface area contributed by atoms with Gasteiger partial charge in [0.05, 0.1) is 23.6 Å². The summed E-state index contributed by atoms with van der Waals surface area (Å²) in [5, 5.41) is 3.33. The Bertz CT molecular complexity index is 540. The molecule has 0 spiro atoms. The van der Waals surface area contributed by atoms with Gasteiger partial charge in [0.2, 0.25) is 0 Å². The van der Waals surface area contributed by atoms with Crippen molar-refractivity contribution < 1.29 is 0 Å². The van der Waals surface area contributed by atoms with Gasteiger partial charge in [-0.2, -0.15) is 0 Å². The summed E-state index contributed by atoms with van der Waals surface area (Å²) in [5.41, 5.74) is 9.92. The summed E-state index contributed by atoms with van der Waals surface area (Å²) in [6.07, 6.45) is 2.80. The largest absolute Gasteiger partial charge is 0.397 e. The van der Waals surface area contributed by atoms with Gasteiger partial charge in [0.15, 0.2) is 0 Å². The highest BCUT2D eigenvalue weighted by Crippen LogP contribution is 2.23. The van der Waals surface area contributed by atoms with E-state index in [-0.39, 0.29) is 0 Å². The molecule has 0 fully saturated rings. The van der Waals surface area contributed by atoms with E-state index >= 15 is 0 Å². The van der Waals surface area contributed by atoms with E-state index in [9.17, 15) is 0 Å². The predicted molar refractivity (Wildman–Crippen MR) is 79.5 cm³/mol. The van der Waals surface area contributed by atoms with Crippen LogP contribution in [0.4, 0.5) is 11.4 Å². The first-order valence-electron chi connectivity index (χ1n) is 5.92. The van der Waals surface area contributed by atoms with Gasteiger partial charge in [-0.05, 0) is 36.2 Å². The number of nitrogens with two attached hydrogens (primary N) is 1. The van der Waals surface area contributed by atoms with Crippen LogP contribution in [0.2, 0.25) is 0 Å². The average molecular weight is 306 g/mol. The maximum Gasteiger partial charge on any atom is 0.0626 e. The van der Waals surface area contributed by atoms with Crippen molar-refractivity contribution in [2.75, 3.05) is 11.1 Å². The van der Waals surface area contributed by atoms with Crippen molar-refractivity contribution in [3.63, 3.8) is 0 Å². The number of halogens is 1. The standard InChI is InChI=1S/C14H16BrN3/c1-2-10-4-3-7-17-14(10)9-18-13-8-11(15)5-6-12(13)16/h3-8,18H,2,9,16H2,1H3. The third kappa shape index (κ3) is 3.01. The van der Waals surface area contributed by atoms with Gasteiger partial charge in [-0.1, -0.05) is 28.9 Å². The van der Waals surface area contributed by atoms with Crippen LogP contribution in [0.3, 0.4) is 0 Å². The molecule has 0 radical (unpaired) electrons. The Labute approximate surface area is 116 Å². The molecule has 0 saturated heterocycles. The van der Waals surface area contributed by atoms with E-state index < -0.39 is 0 Å². The zero-order valence-electron chi connectivity index (χ0n) is 10.3. The van der Waals surface area contributed by atoms with Gasteiger partial charge >= 0.3 is 0 Å². The number of nitrogen functional groups attached to an aromatic ring is 1. The number of hydrogen-bond acceptors (Lipinski definition) is 3. The summed E-state index contributed by atoms with van der Waals surface area (Å²) in [4.78, 5) is 4.40. The lowest BCUT2D eigenvalue weighted by atomic mass is 10.1. The molecule has 0 bridgehead atoms. The lowest BCUT2D eigenvalue weighted by Gasteiger charge is -2.11. The molecule has 0 aliphatic heterocycles. The first-order valence-corrected chi connectivity index (χ1v) is 6.71. The first-order chi connectivity index (χ1) is 8.70. The summed E-state index contributed by atoms with van der Waals surface area (Å²) >= 11 is 3.44. The van der Waals surface area contributed by atoms with E-state index in [1.165, 1.54) is 5.56 Å². The molecular weight excluding hydrogens is 290 g/mol. The zero-order valence-corrected chi connectivity index (χ0v) is 11.9. The van der Waals surface area contributed by atoms with Crippen molar-refractivity contribution in [1.82, 2.24) is 4.98 Å². The number of hydrogen-bond donors (Lipinski definition) is 2. The summed E-state index contributed by atoms with van der Waals surface area (Å²) in [6.45, 7) is 2.82. The number of nitrogens with zero attached hydrogens (tertiary/aromatic N) is 1. The molecule has 1 aromatic heterocycles. The Hall–Kier alpha value is -1.55. The number of aromatic nitrogens is 1. The first kappa shape index (κ1) is 12.9. The molecule has 0 saturated carbocycles. The van der Waals surface area contributed by atoms with E-state index in [0.29, 0.717) is 6.54 Å². The van der Waals surface area contributed by atoms with E-state index in [1.807, 2.05) is 30.5 Å². The molecule has 0 aliphatic rings. The van der Waals surface area contributed by atoms with Crippen LogP contribution in [0.15, 0.2) is 41.0 Å². The van der Waals surface area contributed by atoms with Crippen molar-refractivity contribution in [3.05, 3.63) is 52.3 Å². The average Bonchev–Trinajstić information content (AvgIpc) is 2.40. The van der Waals surface area contributed by atoms with Crippen molar-refractivity contribution in [1.29, 1.82) is 0 Å². The van der Waals surface area contributed by atoms with E-state index in [1.54, 1.807) is 0 Å². The number of pyridine rings is 1. The Morgan fingerprint density at radius 2 is 2.17 bits per heavy atom. The number of rotatable bonds is 4. The molecule has 0 aliphatic carbocycles. The molecule has 0 atom stereocenters. The maximum atomic E-state index is 5.92. The maximum absolute atomic E-state index is 5.92. The van der Waals surface area contributed by atoms with Gasteiger partial charge in [-0.3, -0.25) is 4.98 Å². The fourth-order valence-corrected chi connectivity index (χ4v) is 2.17. The second kappa shape index (κ2) is 5.87. The van der Waals surface area contributed by atoms with Crippen molar-refractivity contribution >= 4 is 27.3 Å². The fraction of sp³-hybridized carbons (Fsp3) is 0.214. The highest BCUT2D eigenvalue weighted by Gasteiger charge is 2.03. The fourth-order valence-electron chi connectivity index (χ4n) is 1.81. The molecular formula is C14H16BrN3. The summed E-state index contributed by atoms with van der Waals surface area (Å²) in [6, 6.07) is 9.86. The SMILES string of the molecule is CCc1cccnc1CNc1cc(Br)ccc1N. The molecule has 2 rings (SSSR count). The minimum Gasteiger partial charge on any atom is -0.397 e. The van der Waals surface area contributed by atoms with E-state index in [2.05, 4.69) is 39.2 Å². The Morgan fingerprint density at radius 1 is 1.33 bits per heavy atom. The summed E-state index contributed by atoms with van der Waals surface area (Å²) in [7, 11) is 0. The quantitative estimate of drug-likeness (QED) is 0.849. The molecule has 2 aromatic rings. The molecule has 1 heterocycles. The highest BCUT2D eigenvalue weighted by atomic mass is 79.9. The van der Waals surface area contributed by atoms with E-state index in [4.69, 9.17) is 5.73 Å². The molecule has 3 N–H and O–H groups in total. The lowest BCUT2D eigenvalue weighted by molar-refractivity contribution is 0.972. The lowest BCUT2D eigenvalue weighted by Crippen LogP contribution is -2.06. The number of aryl methyl sites for hydroxylation is 1. The Morgan fingerprint density at radius 3 is 2.94 bits per heavy atom. The second-order valence-corrected chi connectivity index (χ2v) is 4.96. The summed E-state index contributed by atoms with van der Waals surface area (Å²) in [5.74, 6) is 0. The van der Waals surface area contributed by atoms with Gasteiger partial charge in [0.25, 0.3) is 0 Å². The summed E-state index contributed by atoms with van der Waals surface area (Å²) < 4.78 is 1.01. The van der Waals surface area contributed by atoms with Crippen LogP contribution >= 0.6 is 15.9 Å². The van der Waals surface area contributed by atoms with Gasteiger partial charge in [-0.25, -0.2) is 0 Å². The van der Waals surface area contributed by atoms with Gasteiger partial charge in [-0.15, -0.1) is 0 Å². The van der Waals surface area contributed by atoms with Crippen LogP contribution in [0, 0.1) is 0 Å². The molecule has 1 aromatic carbocycles. The van der Waals surface area contributed by atoms with Gasteiger partial charge < -0.3 is 11.1 Å². The number of benzene rings is 1. The highest BCUT2D eigenvalue weighted by molar-refractivity contribution is 9.10. The number of nitrogens with one attached hydrogen (secondary N) is 1. The van der Waals surface area contributed by atoms with Crippen molar-refractivity contribution in [2.45, 2.75) is 19.9 Å². The van der Waals surface area contributed by atoms with Crippen molar-refractivity contribution in [2.24, 2.45) is 0 Å². The van der Waals surface area contributed by atoms with E-state index in [0.717, 1.165) is 28.0 Å². The number of anilines is 2. The van der Waals surface area contributed by atoms with Gasteiger partial charge in [0, 0.05) is 10.7 Å². The molecule has 4 heteroatoms. The van der Waals surface area contributed by atoms with Crippen LogP contribution in [0.1, 0.15) is 18.2 Å². The monoisotopic (exact) mass is 305 g/mol. The van der Waals surface area contributed by atoms with Crippen molar-refractivity contribution in [3.8, 4) is 0 Å².